The zero-order chi connectivity index (χ0) is 47.8. The fourth-order valence-electron chi connectivity index (χ4n) is 4.67. The average Bonchev–Trinajstić information content (AvgIpc) is 3.28. The molecule has 3 aromatic carbocycles. The van der Waals surface area contributed by atoms with Crippen molar-refractivity contribution in [3.63, 3.8) is 0 Å². The quantitative estimate of drug-likeness (QED) is 0.0904. The molecule has 3 amide bonds. The number of hydrogen-bond acceptors (Lipinski definition) is 15. The van der Waals surface area contributed by atoms with Gasteiger partial charge in [-0.1, -0.05) is 0 Å². The Labute approximate surface area is 440 Å². The van der Waals surface area contributed by atoms with Crippen LogP contribution < -0.4 is 69.1 Å². The SMILES string of the molecule is COc1ccc(OC)c(C(O)CN)c1.COc1ccc(OC)c(C(O)CNC(=O)CN)c1.COc1ccc(OC)c(C(O)CNC(=O)CNC(=O)OC(C)(C)C)c1.I.II.I[I-]I. The molecule has 0 fully saturated rings. The maximum absolute atomic E-state index is 11.8. The Morgan fingerprint density at radius 1 is 0.619 bits per heavy atom. The van der Waals surface area contributed by atoms with Gasteiger partial charge in [-0.15, -0.1) is 24.0 Å². The first kappa shape index (κ1) is 66.1. The van der Waals surface area contributed by atoms with Crippen molar-refractivity contribution in [3.05, 3.63) is 71.3 Å². The monoisotopic (exact) mass is 1570 g/mol. The van der Waals surface area contributed by atoms with Gasteiger partial charge >= 0.3 is 56.6 Å². The van der Waals surface area contributed by atoms with Crippen LogP contribution in [0, 0.1) is 0 Å². The molecule has 3 atom stereocenters. The van der Waals surface area contributed by atoms with Crippen molar-refractivity contribution in [1.82, 2.24) is 16.0 Å². The minimum atomic E-state index is -0.990. The zero-order valence-corrected chi connectivity index (χ0v) is 49.5. The topological polar surface area (TPSA) is 265 Å². The molecule has 0 spiro atoms. The van der Waals surface area contributed by atoms with Crippen LogP contribution in [0.1, 0.15) is 55.8 Å². The van der Waals surface area contributed by atoms with E-state index >= 15 is 0 Å². The molecule has 0 aliphatic heterocycles. The van der Waals surface area contributed by atoms with Gasteiger partial charge in [0.25, 0.3) is 0 Å². The number of nitrogens with two attached hydrogens (primary N) is 2. The van der Waals surface area contributed by atoms with Crippen LogP contribution >= 0.6 is 98.4 Å². The second kappa shape index (κ2) is 38.9. The van der Waals surface area contributed by atoms with Crippen LogP contribution in [0.3, 0.4) is 0 Å². The molecule has 18 nitrogen and oxygen atoms in total. The molecule has 24 heteroatoms. The summed E-state index contributed by atoms with van der Waals surface area (Å²) < 4.78 is 35.7. The molecule has 3 unspecified atom stereocenters. The fraction of sp³-hybridized carbons (Fsp3) is 0.462. The van der Waals surface area contributed by atoms with Gasteiger partial charge in [0, 0.05) is 73.6 Å². The molecular formula is C39H60I6N5O13-. The molecule has 0 aromatic heterocycles. The van der Waals surface area contributed by atoms with Gasteiger partial charge in [0.2, 0.25) is 11.8 Å². The van der Waals surface area contributed by atoms with Crippen LogP contribution in [0.25, 0.3) is 0 Å². The van der Waals surface area contributed by atoms with Crippen molar-refractivity contribution >= 4 is 116 Å². The van der Waals surface area contributed by atoms with Gasteiger partial charge in [-0.2, -0.15) is 0 Å². The number of nitrogens with one attached hydrogen (secondary N) is 3. The minimum absolute atomic E-state index is 0. The van der Waals surface area contributed by atoms with Crippen molar-refractivity contribution in [2.24, 2.45) is 11.5 Å². The summed E-state index contributed by atoms with van der Waals surface area (Å²) >= 11 is 9.54. The summed E-state index contributed by atoms with van der Waals surface area (Å²) in [6.07, 6.45) is -3.28. The van der Waals surface area contributed by atoms with Crippen LogP contribution in [0.4, 0.5) is 4.79 Å². The van der Waals surface area contributed by atoms with Crippen LogP contribution in [0.15, 0.2) is 54.6 Å². The summed E-state index contributed by atoms with van der Waals surface area (Å²) in [7, 11) is 9.17. The van der Waals surface area contributed by atoms with Gasteiger partial charge in [-0.3, -0.25) is 9.59 Å². The van der Waals surface area contributed by atoms with E-state index in [2.05, 4.69) is 90.4 Å². The Morgan fingerprint density at radius 3 is 1.24 bits per heavy atom. The number of alkyl carbamates (subject to hydrolysis) is 1. The molecule has 362 valence electrons. The summed E-state index contributed by atoms with van der Waals surface area (Å²) in [6.45, 7) is 5.00. The van der Waals surface area contributed by atoms with E-state index in [1.54, 1.807) is 89.6 Å². The van der Waals surface area contributed by atoms with Gasteiger partial charge in [0.1, 0.15) is 40.1 Å². The molecule has 0 aliphatic rings. The Hall–Kier alpha value is -1.15. The Kier molecular flexibility index (Phi) is 40.8. The normalized spacial score (nSPS) is 11.3. The molecule has 0 saturated carbocycles. The number of aliphatic hydroxyl groups is 3. The third-order valence-corrected chi connectivity index (χ3v) is 7.57. The Balaban J connectivity index is -0.000000836. The van der Waals surface area contributed by atoms with Crippen LogP contribution in [-0.4, -0.2) is 114 Å². The molecular weight excluding hydrogens is 1510 g/mol. The first-order valence-corrected chi connectivity index (χ1v) is 36.9. The average molecular weight is 1570 g/mol. The fourth-order valence-corrected chi connectivity index (χ4v) is 4.67. The molecule has 0 radical (unpaired) electrons. The number of carbonyl (C=O) groups excluding carboxylic acids is 3. The van der Waals surface area contributed by atoms with E-state index in [1.807, 2.05) is 0 Å². The number of rotatable bonds is 17. The van der Waals surface area contributed by atoms with Crippen molar-refractivity contribution in [2.75, 3.05) is 75.4 Å². The van der Waals surface area contributed by atoms with Crippen LogP contribution in [0.2, 0.25) is 0 Å². The van der Waals surface area contributed by atoms with Gasteiger partial charge in [-0.25, -0.2) is 4.79 Å². The van der Waals surface area contributed by atoms with E-state index in [0.29, 0.717) is 64.4 Å². The van der Waals surface area contributed by atoms with E-state index < -0.39 is 35.9 Å². The first-order valence-electron chi connectivity index (χ1n) is 18.0. The van der Waals surface area contributed by atoms with E-state index in [4.69, 9.17) is 44.6 Å². The second-order valence-electron chi connectivity index (χ2n) is 12.8. The van der Waals surface area contributed by atoms with Crippen molar-refractivity contribution in [3.8, 4) is 34.5 Å². The summed E-state index contributed by atoms with van der Waals surface area (Å²) in [5.74, 6) is 2.70. The van der Waals surface area contributed by atoms with E-state index in [1.165, 1.54) is 28.4 Å². The van der Waals surface area contributed by atoms with E-state index in [0.717, 1.165) is 0 Å². The number of carbonyl (C=O) groups is 3. The molecule has 63 heavy (non-hydrogen) atoms. The van der Waals surface area contributed by atoms with Crippen LogP contribution in [0.5, 0.6) is 34.5 Å². The predicted molar refractivity (Wildman–Crippen MR) is 283 cm³/mol. The molecule has 3 rings (SSSR count). The third-order valence-electron chi connectivity index (χ3n) is 7.57. The van der Waals surface area contributed by atoms with Crippen LogP contribution in [-0.2, 0) is 14.3 Å². The number of aliphatic hydroxyl groups excluding tert-OH is 3. The Morgan fingerprint density at radius 2 is 0.952 bits per heavy atom. The van der Waals surface area contributed by atoms with Crippen molar-refractivity contribution in [2.45, 2.75) is 44.7 Å². The van der Waals surface area contributed by atoms with E-state index in [-0.39, 0.29) is 62.6 Å². The van der Waals surface area contributed by atoms with Crippen molar-refractivity contribution in [1.29, 1.82) is 0 Å². The molecule has 0 heterocycles. The van der Waals surface area contributed by atoms with Gasteiger partial charge in [-0.05, 0) is 75.4 Å². The first-order chi connectivity index (χ1) is 29.4. The van der Waals surface area contributed by atoms with Gasteiger partial charge < -0.3 is 75.9 Å². The van der Waals surface area contributed by atoms with Gasteiger partial charge in [0.05, 0.1) is 74.1 Å². The molecule has 0 saturated heterocycles. The predicted octanol–water partition coefficient (Wildman–Crippen LogP) is 3.05. The molecule has 3 aromatic rings. The summed E-state index contributed by atoms with van der Waals surface area (Å²) in [4.78, 5) is 34.3. The van der Waals surface area contributed by atoms with E-state index in [9.17, 15) is 29.7 Å². The maximum atomic E-state index is 11.8. The third kappa shape index (κ3) is 28.6. The summed E-state index contributed by atoms with van der Waals surface area (Å²) in [5, 5.41) is 37.3. The van der Waals surface area contributed by atoms with Gasteiger partial charge in [0.15, 0.2) is 0 Å². The summed E-state index contributed by atoms with van der Waals surface area (Å²) in [6, 6.07) is 15.3. The molecule has 0 bridgehead atoms. The number of amides is 3. The number of methoxy groups -OCH3 is 6. The molecule has 10 N–H and O–H groups in total. The number of hydrogen-bond donors (Lipinski definition) is 8. The number of ether oxygens (including phenoxy) is 7. The zero-order valence-electron chi connectivity index (χ0n) is 36.3. The number of benzene rings is 3. The van der Waals surface area contributed by atoms with Crippen molar-refractivity contribution < 1.29 is 76.1 Å². The second-order valence-corrected chi connectivity index (χ2v) is 29.1. The summed E-state index contributed by atoms with van der Waals surface area (Å²) in [5.41, 5.74) is 11.6. The number of halogens is 6. The standard InChI is InChI=1S/C17H26N2O6.C12H18N2O4.C10H15NO3.I3.I2.HI/c1-17(2,3)25-16(22)19-10-15(21)18-9-13(20)12-8-11(23-4)6-7-14(12)24-5;1-17-8-3-4-11(18-2)9(5-8)10(15)7-14-12(16)6-13;1-13-7-3-4-10(14-2)8(5-7)9(12)6-11;1-3-2;1-2;/h6-8,13,20H,9-10H2,1-5H3,(H,18,21)(H,19,22);3-5,10,15H,6-7,13H2,1-2H3,(H,14,16);3-5,9,12H,6,11H2,1-2H3;;;1H/q;;;-1;;. The Bertz CT molecular complexity index is 1730. The molecule has 0 aliphatic carbocycles.